The van der Waals surface area contributed by atoms with E-state index in [4.69, 9.17) is 4.74 Å². The minimum Gasteiger partial charge on any atom is -0.497 e. The fourth-order valence-corrected chi connectivity index (χ4v) is 4.28. The van der Waals surface area contributed by atoms with Gasteiger partial charge in [-0.05, 0) is 43.2 Å². The Kier molecular flexibility index (Phi) is 8.32. The Morgan fingerprint density at radius 3 is 2.32 bits per heavy atom. The van der Waals surface area contributed by atoms with Crippen molar-refractivity contribution in [1.82, 2.24) is 10.6 Å². The van der Waals surface area contributed by atoms with Crippen molar-refractivity contribution in [2.75, 3.05) is 19.4 Å². The van der Waals surface area contributed by atoms with Gasteiger partial charge in [0.15, 0.2) is 15.8 Å². The molecule has 0 amide bonds. The van der Waals surface area contributed by atoms with Crippen LogP contribution in [0, 0.1) is 0 Å². The van der Waals surface area contributed by atoms with Crippen molar-refractivity contribution in [2.45, 2.75) is 37.8 Å². The first kappa shape index (κ1) is 21.8. The molecule has 0 aromatic heterocycles. The Morgan fingerprint density at radius 2 is 1.75 bits per heavy atom. The zero-order valence-electron chi connectivity index (χ0n) is 16.7. The molecule has 0 saturated carbocycles. The number of hydrogen-bond acceptors (Lipinski definition) is 4. The number of ether oxygens (including phenoxy) is 1. The zero-order valence-corrected chi connectivity index (χ0v) is 17.5. The van der Waals surface area contributed by atoms with Crippen LogP contribution in [0.3, 0.4) is 0 Å². The monoisotopic (exact) mass is 403 g/mol. The summed E-state index contributed by atoms with van der Waals surface area (Å²) in [5, 5.41) is 6.44. The molecule has 0 aliphatic rings. The molecule has 1 unspecified atom stereocenters. The van der Waals surface area contributed by atoms with E-state index in [0.29, 0.717) is 30.4 Å². The molecule has 28 heavy (non-hydrogen) atoms. The molecule has 0 fully saturated rings. The van der Waals surface area contributed by atoms with Crippen LogP contribution in [0.15, 0.2) is 64.5 Å². The van der Waals surface area contributed by atoms with Gasteiger partial charge >= 0.3 is 0 Å². The van der Waals surface area contributed by atoms with Gasteiger partial charge in [0.2, 0.25) is 0 Å². The predicted octanol–water partition coefficient (Wildman–Crippen LogP) is 3.00. The van der Waals surface area contributed by atoms with Crippen molar-refractivity contribution in [2.24, 2.45) is 4.99 Å². The van der Waals surface area contributed by atoms with Crippen molar-refractivity contribution < 1.29 is 13.2 Å². The Balaban J connectivity index is 2.07. The maximum absolute atomic E-state index is 12.7. The molecular weight excluding hydrogens is 374 g/mol. The zero-order chi connectivity index (χ0) is 20.4. The third kappa shape index (κ3) is 6.56. The molecule has 2 N–H and O–H groups in total. The van der Waals surface area contributed by atoms with Crippen molar-refractivity contribution >= 4 is 15.8 Å². The second kappa shape index (κ2) is 10.7. The summed E-state index contributed by atoms with van der Waals surface area (Å²) < 4.78 is 30.5. The summed E-state index contributed by atoms with van der Waals surface area (Å²) in [6.07, 6.45) is 0.666. The number of methoxy groups -OCH3 is 1. The second-order valence-corrected chi connectivity index (χ2v) is 8.42. The molecule has 0 aliphatic heterocycles. The van der Waals surface area contributed by atoms with E-state index < -0.39 is 9.84 Å². The molecule has 2 aromatic rings. The van der Waals surface area contributed by atoms with Gasteiger partial charge in [-0.2, -0.15) is 0 Å². The minimum absolute atomic E-state index is 0.0143. The van der Waals surface area contributed by atoms with E-state index in [-0.39, 0.29) is 11.8 Å². The SMILES string of the molecule is CCNC(=NCc1ccc(OC)cc1)NC(CC)CS(=O)(=O)c1ccccc1. The second-order valence-electron chi connectivity index (χ2n) is 6.39. The number of benzene rings is 2. The molecule has 1 atom stereocenters. The average Bonchev–Trinajstić information content (AvgIpc) is 2.72. The van der Waals surface area contributed by atoms with Gasteiger partial charge in [0.25, 0.3) is 0 Å². The largest absolute Gasteiger partial charge is 0.497 e. The summed E-state index contributed by atoms with van der Waals surface area (Å²) in [6.45, 7) is 5.12. The fraction of sp³-hybridized carbons (Fsp3) is 0.381. The summed E-state index contributed by atoms with van der Waals surface area (Å²) in [7, 11) is -1.73. The van der Waals surface area contributed by atoms with Crippen LogP contribution in [0.25, 0.3) is 0 Å². The van der Waals surface area contributed by atoms with Crippen molar-refractivity contribution in [1.29, 1.82) is 0 Å². The van der Waals surface area contributed by atoms with Gasteiger partial charge in [-0.15, -0.1) is 0 Å². The molecular formula is C21H29N3O3S. The molecule has 7 heteroatoms. The van der Waals surface area contributed by atoms with E-state index in [1.54, 1.807) is 31.4 Å². The van der Waals surface area contributed by atoms with E-state index in [1.165, 1.54) is 0 Å². The molecule has 0 aliphatic carbocycles. The maximum Gasteiger partial charge on any atom is 0.191 e. The van der Waals surface area contributed by atoms with Crippen LogP contribution in [0.2, 0.25) is 0 Å². The topological polar surface area (TPSA) is 79.8 Å². The number of rotatable bonds is 9. The number of sulfone groups is 1. The summed E-state index contributed by atoms with van der Waals surface area (Å²) in [5.74, 6) is 1.42. The first-order valence-corrected chi connectivity index (χ1v) is 11.1. The lowest BCUT2D eigenvalue weighted by Gasteiger charge is -2.20. The fourth-order valence-electron chi connectivity index (χ4n) is 2.67. The molecule has 0 heterocycles. The van der Waals surface area contributed by atoms with Crippen molar-refractivity contribution in [3.05, 3.63) is 60.2 Å². The van der Waals surface area contributed by atoms with Gasteiger partial charge < -0.3 is 15.4 Å². The molecule has 2 rings (SSSR count). The highest BCUT2D eigenvalue weighted by atomic mass is 32.2. The molecule has 6 nitrogen and oxygen atoms in total. The highest BCUT2D eigenvalue weighted by molar-refractivity contribution is 7.91. The molecule has 0 bridgehead atoms. The van der Waals surface area contributed by atoms with Crippen LogP contribution < -0.4 is 15.4 Å². The van der Waals surface area contributed by atoms with Crippen LogP contribution in [-0.2, 0) is 16.4 Å². The highest BCUT2D eigenvalue weighted by Gasteiger charge is 2.20. The lowest BCUT2D eigenvalue weighted by Crippen LogP contribution is -2.46. The number of guanidine groups is 1. The van der Waals surface area contributed by atoms with Crippen LogP contribution in [-0.4, -0.2) is 39.8 Å². The van der Waals surface area contributed by atoms with Gasteiger partial charge in [-0.25, -0.2) is 13.4 Å². The summed E-state index contributed by atoms with van der Waals surface area (Å²) in [6, 6.07) is 16.0. The lowest BCUT2D eigenvalue weighted by molar-refractivity contribution is 0.414. The normalized spacial score (nSPS) is 13.0. The predicted molar refractivity (Wildman–Crippen MR) is 114 cm³/mol. The Labute approximate surface area is 168 Å². The van der Waals surface area contributed by atoms with Gasteiger partial charge in [-0.1, -0.05) is 37.3 Å². The van der Waals surface area contributed by atoms with E-state index in [0.717, 1.165) is 11.3 Å². The van der Waals surface area contributed by atoms with E-state index >= 15 is 0 Å². The van der Waals surface area contributed by atoms with Crippen LogP contribution in [0.1, 0.15) is 25.8 Å². The van der Waals surface area contributed by atoms with Gasteiger partial charge in [-0.3, -0.25) is 0 Å². The van der Waals surface area contributed by atoms with E-state index in [1.807, 2.05) is 44.2 Å². The Hall–Kier alpha value is -2.54. The standard InChI is InChI=1S/C21H29N3O3S/c1-4-18(16-28(25,26)20-9-7-6-8-10-20)24-21(22-5-2)23-15-17-11-13-19(27-3)14-12-17/h6-14,18H,4-5,15-16H2,1-3H3,(H2,22,23,24). The first-order chi connectivity index (χ1) is 13.5. The number of nitrogens with one attached hydrogen (secondary N) is 2. The van der Waals surface area contributed by atoms with Gasteiger partial charge in [0.05, 0.1) is 24.3 Å². The third-order valence-electron chi connectivity index (χ3n) is 4.28. The highest BCUT2D eigenvalue weighted by Crippen LogP contribution is 2.13. The molecule has 0 radical (unpaired) electrons. The molecule has 0 spiro atoms. The summed E-state index contributed by atoms with van der Waals surface area (Å²) in [4.78, 5) is 4.93. The molecule has 152 valence electrons. The van der Waals surface area contributed by atoms with E-state index in [2.05, 4.69) is 15.6 Å². The first-order valence-electron chi connectivity index (χ1n) is 9.44. The average molecular weight is 404 g/mol. The Morgan fingerprint density at radius 1 is 1.07 bits per heavy atom. The third-order valence-corrected chi connectivity index (χ3v) is 6.11. The van der Waals surface area contributed by atoms with Gasteiger partial charge in [0.1, 0.15) is 5.75 Å². The maximum atomic E-state index is 12.7. The smallest absolute Gasteiger partial charge is 0.191 e. The van der Waals surface area contributed by atoms with E-state index in [9.17, 15) is 8.42 Å². The number of hydrogen-bond donors (Lipinski definition) is 2. The minimum atomic E-state index is -3.37. The van der Waals surface area contributed by atoms with Crippen molar-refractivity contribution in [3.63, 3.8) is 0 Å². The number of nitrogens with zero attached hydrogens (tertiary/aromatic N) is 1. The molecule has 0 saturated heterocycles. The number of aliphatic imine (C=N–C) groups is 1. The van der Waals surface area contributed by atoms with Crippen molar-refractivity contribution in [3.8, 4) is 5.75 Å². The van der Waals surface area contributed by atoms with Crippen LogP contribution >= 0.6 is 0 Å². The van der Waals surface area contributed by atoms with Crippen LogP contribution in [0.5, 0.6) is 5.75 Å². The molecule has 2 aromatic carbocycles. The Bertz CT molecular complexity index is 850. The lowest BCUT2D eigenvalue weighted by atomic mass is 10.2. The quantitative estimate of drug-likeness (QED) is 0.497. The summed E-state index contributed by atoms with van der Waals surface area (Å²) >= 11 is 0. The van der Waals surface area contributed by atoms with Gasteiger partial charge in [0, 0.05) is 12.6 Å². The van der Waals surface area contributed by atoms with Crippen LogP contribution in [0.4, 0.5) is 0 Å². The summed E-state index contributed by atoms with van der Waals surface area (Å²) in [5.41, 5.74) is 1.04.